The van der Waals surface area contributed by atoms with Crippen LogP contribution in [-0.4, -0.2) is 96.7 Å². The average molecular weight is 1560 g/mol. The molecular formula is C88H172O17P2. The molecule has 3 N–H and O–H groups in total. The van der Waals surface area contributed by atoms with E-state index in [0.29, 0.717) is 25.7 Å². The number of rotatable bonds is 88. The number of ether oxygens (including phenoxy) is 4. The molecule has 107 heavy (non-hydrogen) atoms. The Kier molecular flexibility index (Phi) is 79.2. The van der Waals surface area contributed by atoms with Gasteiger partial charge in [-0.15, -0.1) is 0 Å². The van der Waals surface area contributed by atoms with Crippen LogP contribution in [0.3, 0.4) is 0 Å². The molecule has 0 aromatic rings. The standard InChI is InChI=1S/C88H172O17P2/c1-6-9-12-15-18-21-24-27-30-32-34-35-37-39-41-44-47-54-59-64-69-74-88(93)104-83(77-98-85(90)71-66-61-56-51-45-43-40-38-36-33-31-28-25-22-19-16-13-10-7-2)79-102-106(94,95)100-75-82(89)76-101-107(96,97)103-80-84(78-99-86(91)72-67-62-57-52-49-48-50-55-60-65-70-81(4)5)105-87(92)73-68-63-58-53-46-42-29-26-23-20-17-14-11-8-3/h81-84,89H,6-80H2,1-5H3,(H,94,95)(H,96,97)/t82-,83-,84-/m1/s1. The molecule has 0 aliphatic carbocycles. The second kappa shape index (κ2) is 80.7. The molecule has 0 aliphatic heterocycles. The van der Waals surface area contributed by atoms with Gasteiger partial charge in [-0.2, -0.15) is 0 Å². The number of phosphoric acid groups is 2. The van der Waals surface area contributed by atoms with Gasteiger partial charge in [-0.25, -0.2) is 9.13 Å². The van der Waals surface area contributed by atoms with E-state index in [4.69, 9.17) is 37.0 Å². The zero-order chi connectivity index (χ0) is 78.3. The summed E-state index contributed by atoms with van der Waals surface area (Å²) in [5.41, 5.74) is 0. The highest BCUT2D eigenvalue weighted by Gasteiger charge is 2.30. The largest absolute Gasteiger partial charge is 0.472 e. The molecule has 0 rings (SSSR count). The van der Waals surface area contributed by atoms with E-state index in [0.717, 1.165) is 95.8 Å². The first kappa shape index (κ1) is 105. The Labute approximate surface area is 658 Å². The molecule has 19 heteroatoms. The molecule has 0 bridgehead atoms. The van der Waals surface area contributed by atoms with Gasteiger partial charge in [0.2, 0.25) is 0 Å². The first-order valence-electron chi connectivity index (χ1n) is 45.6. The van der Waals surface area contributed by atoms with Crippen molar-refractivity contribution in [2.24, 2.45) is 5.92 Å². The van der Waals surface area contributed by atoms with Gasteiger partial charge in [0.25, 0.3) is 0 Å². The van der Waals surface area contributed by atoms with Crippen LogP contribution in [0.1, 0.15) is 478 Å². The van der Waals surface area contributed by atoms with Gasteiger partial charge in [0.1, 0.15) is 19.3 Å². The van der Waals surface area contributed by atoms with Crippen molar-refractivity contribution in [3.63, 3.8) is 0 Å². The first-order chi connectivity index (χ1) is 52.0. The van der Waals surface area contributed by atoms with Crippen LogP contribution < -0.4 is 0 Å². The average Bonchev–Trinajstić information content (AvgIpc) is 0.914. The number of unbranched alkanes of at least 4 members (excludes halogenated alkanes) is 60. The van der Waals surface area contributed by atoms with Crippen LogP contribution in [0.4, 0.5) is 0 Å². The molecule has 0 heterocycles. The molecule has 0 radical (unpaired) electrons. The normalized spacial score (nSPS) is 13.7. The van der Waals surface area contributed by atoms with E-state index in [1.54, 1.807) is 0 Å². The van der Waals surface area contributed by atoms with Crippen molar-refractivity contribution in [3.05, 3.63) is 0 Å². The summed E-state index contributed by atoms with van der Waals surface area (Å²) in [6.45, 7) is 7.37. The monoisotopic (exact) mass is 1560 g/mol. The van der Waals surface area contributed by atoms with Crippen LogP contribution in [0.15, 0.2) is 0 Å². The maximum absolute atomic E-state index is 13.2. The number of hydrogen-bond acceptors (Lipinski definition) is 15. The van der Waals surface area contributed by atoms with E-state index in [9.17, 15) is 43.2 Å². The fourth-order valence-corrected chi connectivity index (χ4v) is 15.4. The van der Waals surface area contributed by atoms with Crippen LogP contribution in [0.5, 0.6) is 0 Å². The van der Waals surface area contributed by atoms with Gasteiger partial charge in [-0.05, 0) is 31.6 Å². The minimum absolute atomic E-state index is 0.108. The molecule has 17 nitrogen and oxygen atoms in total. The Morgan fingerprint density at radius 3 is 0.636 bits per heavy atom. The number of carbonyl (C=O) groups is 4. The van der Waals surface area contributed by atoms with Crippen LogP contribution in [0.2, 0.25) is 0 Å². The molecule has 0 aromatic carbocycles. The predicted molar refractivity (Wildman–Crippen MR) is 442 cm³/mol. The Bertz CT molecular complexity index is 2030. The maximum Gasteiger partial charge on any atom is 0.472 e. The van der Waals surface area contributed by atoms with Crippen LogP contribution >= 0.6 is 15.6 Å². The van der Waals surface area contributed by atoms with Crippen molar-refractivity contribution < 1.29 is 80.2 Å². The van der Waals surface area contributed by atoms with Crippen molar-refractivity contribution in [2.75, 3.05) is 39.6 Å². The summed E-state index contributed by atoms with van der Waals surface area (Å²) in [5, 5.41) is 10.7. The molecule has 0 amide bonds. The Morgan fingerprint density at radius 1 is 0.252 bits per heavy atom. The van der Waals surface area contributed by atoms with Gasteiger partial charge in [-0.3, -0.25) is 37.3 Å². The van der Waals surface area contributed by atoms with Crippen LogP contribution in [0.25, 0.3) is 0 Å². The molecule has 0 fully saturated rings. The third-order valence-corrected chi connectivity index (χ3v) is 22.7. The zero-order valence-corrected chi connectivity index (χ0v) is 72.1. The zero-order valence-electron chi connectivity index (χ0n) is 70.3. The molecule has 5 atom stereocenters. The minimum atomic E-state index is -4.97. The predicted octanol–water partition coefficient (Wildman–Crippen LogP) is 27.2. The van der Waals surface area contributed by atoms with Crippen molar-refractivity contribution in [2.45, 2.75) is 496 Å². The van der Waals surface area contributed by atoms with Crippen molar-refractivity contribution in [1.29, 1.82) is 0 Å². The van der Waals surface area contributed by atoms with E-state index >= 15 is 0 Å². The number of hydrogen-bond donors (Lipinski definition) is 3. The van der Waals surface area contributed by atoms with E-state index in [2.05, 4.69) is 34.6 Å². The summed E-state index contributed by atoms with van der Waals surface area (Å²) in [4.78, 5) is 73.3. The van der Waals surface area contributed by atoms with Crippen LogP contribution in [-0.2, 0) is 65.4 Å². The summed E-state index contributed by atoms with van der Waals surface area (Å²) in [5.74, 6) is -1.34. The molecule has 0 aliphatic rings. The third-order valence-electron chi connectivity index (χ3n) is 20.8. The van der Waals surface area contributed by atoms with E-state index in [1.165, 1.54) is 302 Å². The van der Waals surface area contributed by atoms with Crippen LogP contribution in [0, 0.1) is 5.92 Å². The number of carbonyl (C=O) groups excluding carboxylic acids is 4. The lowest BCUT2D eigenvalue weighted by atomic mass is 10.0. The van der Waals surface area contributed by atoms with E-state index in [-0.39, 0.29) is 25.7 Å². The smallest absolute Gasteiger partial charge is 0.462 e. The van der Waals surface area contributed by atoms with Gasteiger partial charge in [-0.1, -0.05) is 426 Å². The summed E-state index contributed by atoms with van der Waals surface area (Å²) in [6, 6.07) is 0. The van der Waals surface area contributed by atoms with Crippen molar-refractivity contribution >= 4 is 39.5 Å². The van der Waals surface area contributed by atoms with Gasteiger partial charge >= 0.3 is 39.5 Å². The van der Waals surface area contributed by atoms with E-state index in [1.807, 2.05) is 0 Å². The second-order valence-corrected chi connectivity index (χ2v) is 35.0. The Hall–Kier alpha value is -1.94. The molecule has 636 valence electrons. The lowest BCUT2D eigenvalue weighted by Crippen LogP contribution is -2.30. The number of aliphatic hydroxyl groups is 1. The quantitative estimate of drug-likeness (QED) is 0.0222. The van der Waals surface area contributed by atoms with Gasteiger partial charge in [0, 0.05) is 25.7 Å². The summed E-state index contributed by atoms with van der Waals surface area (Å²) < 4.78 is 69.0. The molecular weight excluding hydrogens is 1390 g/mol. The second-order valence-electron chi connectivity index (χ2n) is 32.1. The summed E-state index contributed by atoms with van der Waals surface area (Å²) in [7, 11) is -9.93. The lowest BCUT2D eigenvalue weighted by Gasteiger charge is -2.21. The number of aliphatic hydroxyl groups excluding tert-OH is 1. The number of esters is 4. The minimum Gasteiger partial charge on any atom is -0.462 e. The summed E-state index contributed by atoms with van der Waals surface area (Å²) >= 11 is 0. The molecule has 0 saturated heterocycles. The first-order valence-corrected chi connectivity index (χ1v) is 48.6. The topological polar surface area (TPSA) is 237 Å². The lowest BCUT2D eigenvalue weighted by molar-refractivity contribution is -0.161. The highest BCUT2D eigenvalue weighted by molar-refractivity contribution is 7.47. The maximum atomic E-state index is 13.2. The Balaban J connectivity index is 5.24. The molecule has 0 aromatic heterocycles. The fourth-order valence-electron chi connectivity index (χ4n) is 13.8. The van der Waals surface area contributed by atoms with Crippen molar-refractivity contribution in [3.8, 4) is 0 Å². The van der Waals surface area contributed by atoms with Crippen molar-refractivity contribution in [1.82, 2.24) is 0 Å². The molecule has 0 saturated carbocycles. The molecule has 2 unspecified atom stereocenters. The van der Waals surface area contributed by atoms with Gasteiger partial charge in [0.15, 0.2) is 12.2 Å². The summed E-state index contributed by atoms with van der Waals surface area (Å²) in [6.07, 6.45) is 75.0. The molecule has 0 spiro atoms. The third kappa shape index (κ3) is 81.9. The highest BCUT2D eigenvalue weighted by atomic mass is 31.2. The van der Waals surface area contributed by atoms with Gasteiger partial charge in [0.05, 0.1) is 26.4 Å². The Morgan fingerprint density at radius 2 is 0.430 bits per heavy atom. The van der Waals surface area contributed by atoms with E-state index < -0.39 is 97.5 Å². The highest BCUT2D eigenvalue weighted by Crippen LogP contribution is 2.45. The number of phosphoric ester groups is 2. The van der Waals surface area contributed by atoms with Gasteiger partial charge < -0.3 is 33.8 Å². The fraction of sp³-hybridized carbons (Fsp3) is 0.955. The SMILES string of the molecule is CCCCCCCCCCCCCCCCCCCCCCCC(=O)O[C@H](COC(=O)CCCCCCCCCCCCCCCCCCCCC)COP(=O)(O)OC[C@@H](O)COP(=O)(O)OC[C@@H](COC(=O)CCCCCCCCCCCCC(C)C)OC(=O)CCCCCCCCCCCCCCCC.